The first-order valence-electron chi connectivity index (χ1n) is 9.85. The molecule has 0 saturated carbocycles. The Morgan fingerprint density at radius 3 is 2.31 bits per heavy atom. The number of hydrogen-bond donors (Lipinski definition) is 2. The molecule has 0 radical (unpaired) electrons. The summed E-state index contributed by atoms with van der Waals surface area (Å²) in [4.78, 5) is 10.8. The van der Waals surface area contributed by atoms with Gasteiger partial charge in [0.15, 0.2) is 0 Å². The molecule has 1 aromatic rings. The minimum Gasteiger partial charge on any atom is -0.507 e. The Bertz CT molecular complexity index is 515. The minimum atomic E-state index is -1.16. The fraction of sp³-hybridized carbons (Fsp3) is 0.667. The molecule has 1 unspecified atom stereocenters. The van der Waals surface area contributed by atoms with Crippen LogP contribution in [0, 0.1) is 0 Å². The number of carboxylic acid groups (broad SMARTS) is 1. The normalized spacial score (nSPS) is 12.1. The van der Waals surface area contributed by atoms with Crippen molar-refractivity contribution in [3.05, 3.63) is 23.8 Å². The van der Waals surface area contributed by atoms with E-state index < -0.39 is 5.97 Å². The highest BCUT2D eigenvalue weighted by molar-refractivity contribution is 5.90. The largest absolute Gasteiger partial charge is 0.507 e. The SMILES string of the molecule is CCCCCCCCCCC(C)OCCOc1ccc(C(=O)O)c(O)c1. The third-order valence-corrected chi connectivity index (χ3v) is 4.42. The summed E-state index contributed by atoms with van der Waals surface area (Å²) in [5.74, 6) is -1.02. The van der Waals surface area contributed by atoms with Gasteiger partial charge in [-0.1, -0.05) is 58.3 Å². The van der Waals surface area contributed by atoms with Gasteiger partial charge in [-0.2, -0.15) is 0 Å². The second-order valence-corrected chi connectivity index (χ2v) is 6.78. The number of benzene rings is 1. The Morgan fingerprint density at radius 2 is 1.69 bits per heavy atom. The number of aromatic carboxylic acids is 1. The van der Waals surface area contributed by atoms with Crippen LogP contribution in [0.4, 0.5) is 0 Å². The molecule has 0 bridgehead atoms. The second-order valence-electron chi connectivity index (χ2n) is 6.78. The Labute approximate surface area is 157 Å². The van der Waals surface area contributed by atoms with Crippen molar-refractivity contribution in [2.45, 2.75) is 77.7 Å². The van der Waals surface area contributed by atoms with Crippen LogP contribution in [-0.2, 0) is 4.74 Å². The van der Waals surface area contributed by atoms with Crippen LogP contribution in [-0.4, -0.2) is 35.5 Å². The Hall–Kier alpha value is -1.75. The molecular weight excluding hydrogens is 332 g/mol. The van der Waals surface area contributed by atoms with E-state index in [1.54, 1.807) is 0 Å². The molecule has 0 aliphatic heterocycles. The molecule has 0 saturated heterocycles. The lowest BCUT2D eigenvalue weighted by Gasteiger charge is -2.14. The standard InChI is InChI=1S/C21H34O5/c1-3-4-5-6-7-8-9-10-11-17(2)25-14-15-26-18-12-13-19(21(23)24)20(22)16-18/h12-13,16-17,22H,3-11,14-15H2,1-2H3,(H,23,24). The maximum Gasteiger partial charge on any atom is 0.339 e. The Balaban J connectivity index is 2.05. The van der Waals surface area contributed by atoms with E-state index in [1.165, 1.54) is 69.6 Å². The van der Waals surface area contributed by atoms with Gasteiger partial charge in [0.2, 0.25) is 0 Å². The van der Waals surface area contributed by atoms with Crippen molar-refractivity contribution in [3.8, 4) is 11.5 Å². The Kier molecular flexibility index (Phi) is 11.5. The van der Waals surface area contributed by atoms with Gasteiger partial charge in [-0.3, -0.25) is 0 Å². The zero-order chi connectivity index (χ0) is 19.2. The van der Waals surface area contributed by atoms with Gasteiger partial charge in [-0.05, 0) is 25.5 Å². The summed E-state index contributed by atoms with van der Waals surface area (Å²) in [6.45, 7) is 5.16. The maximum absolute atomic E-state index is 10.8. The third kappa shape index (κ3) is 9.66. The summed E-state index contributed by atoms with van der Waals surface area (Å²) in [5.41, 5.74) is -0.132. The van der Waals surface area contributed by atoms with Crippen molar-refractivity contribution >= 4 is 5.97 Å². The molecule has 1 atom stereocenters. The first-order chi connectivity index (χ1) is 12.5. The van der Waals surface area contributed by atoms with Gasteiger partial charge in [0.25, 0.3) is 0 Å². The minimum absolute atomic E-state index is 0.132. The van der Waals surface area contributed by atoms with Gasteiger partial charge in [0, 0.05) is 6.07 Å². The highest BCUT2D eigenvalue weighted by atomic mass is 16.5. The molecule has 1 aromatic carbocycles. The van der Waals surface area contributed by atoms with Crippen LogP contribution < -0.4 is 4.74 Å². The number of unbranched alkanes of at least 4 members (excludes halogenated alkanes) is 7. The number of carbonyl (C=O) groups is 1. The van der Waals surface area contributed by atoms with Gasteiger partial charge in [-0.15, -0.1) is 0 Å². The molecule has 5 heteroatoms. The summed E-state index contributed by atoms with van der Waals surface area (Å²) in [7, 11) is 0. The quantitative estimate of drug-likeness (QED) is 0.406. The summed E-state index contributed by atoms with van der Waals surface area (Å²) >= 11 is 0. The van der Waals surface area contributed by atoms with E-state index in [0.29, 0.717) is 19.0 Å². The molecule has 0 aliphatic carbocycles. The lowest BCUT2D eigenvalue weighted by molar-refractivity contribution is 0.0384. The number of phenols is 1. The zero-order valence-corrected chi connectivity index (χ0v) is 16.2. The maximum atomic E-state index is 10.8. The van der Waals surface area contributed by atoms with Gasteiger partial charge in [0.1, 0.15) is 23.7 Å². The van der Waals surface area contributed by atoms with Gasteiger partial charge >= 0.3 is 5.97 Å². The van der Waals surface area contributed by atoms with Crippen LogP contribution in [0.2, 0.25) is 0 Å². The predicted octanol–water partition coefficient (Wildman–Crippen LogP) is 5.41. The van der Waals surface area contributed by atoms with Crippen molar-refractivity contribution in [1.82, 2.24) is 0 Å². The van der Waals surface area contributed by atoms with E-state index in [4.69, 9.17) is 14.6 Å². The molecular formula is C21H34O5. The number of ether oxygens (including phenoxy) is 2. The average Bonchev–Trinajstić information content (AvgIpc) is 2.60. The van der Waals surface area contributed by atoms with Crippen molar-refractivity contribution in [2.75, 3.05) is 13.2 Å². The van der Waals surface area contributed by atoms with Crippen LogP contribution in [0.1, 0.15) is 82.0 Å². The van der Waals surface area contributed by atoms with Crippen LogP contribution in [0.15, 0.2) is 18.2 Å². The molecule has 0 spiro atoms. The van der Waals surface area contributed by atoms with E-state index in [-0.39, 0.29) is 17.4 Å². The van der Waals surface area contributed by atoms with E-state index in [2.05, 4.69) is 13.8 Å². The topological polar surface area (TPSA) is 76.0 Å². The van der Waals surface area contributed by atoms with E-state index in [0.717, 1.165) is 6.42 Å². The molecule has 0 heterocycles. The van der Waals surface area contributed by atoms with E-state index in [9.17, 15) is 9.90 Å². The van der Waals surface area contributed by atoms with Crippen LogP contribution in [0.5, 0.6) is 11.5 Å². The van der Waals surface area contributed by atoms with Crippen LogP contribution in [0.3, 0.4) is 0 Å². The molecule has 0 amide bonds. The van der Waals surface area contributed by atoms with Crippen molar-refractivity contribution in [2.24, 2.45) is 0 Å². The fourth-order valence-electron chi connectivity index (χ4n) is 2.84. The summed E-state index contributed by atoms with van der Waals surface area (Å²) in [5, 5.41) is 18.5. The highest BCUT2D eigenvalue weighted by Crippen LogP contribution is 2.23. The monoisotopic (exact) mass is 366 g/mol. The molecule has 0 aliphatic rings. The van der Waals surface area contributed by atoms with Gasteiger partial charge in [-0.25, -0.2) is 4.79 Å². The second kappa shape index (κ2) is 13.5. The molecule has 148 valence electrons. The predicted molar refractivity (Wildman–Crippen MR) is 103 cm³/mol. The number of aromatic hydroxyl groups is 1. The number of carboxylic acids is 1. The summed E-state index contributed by atoms with van der Waals surface area (Å²) in [6, 6.07) is 4.18. The van der Waals surface area contributed by atoms with E-state index >= 15 is 0 Å². The molecule has 2 N–H and O–H groups in total. The first kappa shape index (κ1) is 22.3. The molecule has 5 nitrogen and oxygen atoms in total. The lowest BCUT2D eigenvalue weighted by Crippen LogP contribution is -2.14. The molecule has 1 rings (SSSR count). The molecule has 0 fully saturated rings. The molecule has 0 aromatic heterocycles. The van der Waals surface area contributed by atoms with Crippen molar-refractivity contribution < 1.29 is 24.5 Å². The van der Waals surface area contributed by atoms with Crippen LogP contribution in [0.25, 0.3) is 0 Å². The summed E-state index contributed by atoms with van der Waals surface area (Å²) < 4.78 is 11.2. The number of rotatable bonds is 15. The first-order valence-corrected chi connectivity index (χ1v) is 9.85. The highest BCUT2D eigenvalue weighted by Gasteiger charge is 2.10. The Morgan fingerprint density at radius 1 is 1.04 bits per heavy atom. The van der Waals surface area contributed by atoms with E-state index in [1.807, 2.05) is 0 Å². The van der Waals surface area contributed by atoms with Crippen molar-refractivity contribution in [3.63, 3.8) is 0 Å². The average molecular weight is 366 g/mol. The van der Waals surface area contributed by atoms with Crippen molar-refractivity contribution in [1.29, 1.82) is 0 Å². The van der Waals surface area contributed by atoms with Crippen LogP contribution >= 0.6 is 0 Å². The lowest BCUT2D eigenvalue weighted by atomic mass is 10.1. The number of hydrogen-bond acceptors (Lipinski definition) is 4. The smallest absolute Gasteiger partial charge is 0.339 e. The third-order valence-electron chi connectivity index (χ3n) is 4.42. The zero-order valence-electron chi connectivity index (χ0n) is 16.2. The van der Waals surface area contributed by atoms with Gasteiger partial charge < -0.3 is 19.7 Å². The fourth-order valence-corrected chi connectivity index (χ4v) is 2.84. The summed E-state index contributed by atoms with van der Waals surface area (Å²) in [6.07, 6.45) is 11.8. The van der Waals surface area contributed by atoms with Gasteiger partial charge in [0.05, 0.1) is 12.7 Å². The molecule has 26 heavy (non-hydrogen) atoms.